The van der Waals surface area contributed by atoms with E-state index in [-0.39, 0.29) is 11.4 Å². The molecule has 19 heavy (non-hydrogen) atoms. The highest BCUT2D eigenvalue weighted by molar-refractivity contribution is 5.94. The van der Waals surface area contributed by atoms with Crippen molar-refractivity contribution in [1.29, 1.82) is 5.26 Å². The van der Waals surface area contributed by atoms with Crippen molar-refractivity contribution in [1.82, 2.24) is 4.98 Å². The van der Waals surface area contributed by atoms with Gasteiger partial charge in [0, 0.05) is 6.20 Å². The zero-order valence-electron chi connectivity index (χ0n) is 10.2. The van der Waals surface area contributed by atoms with Crippen molar-refractivity contribution < 1.29 is 9.90 Å². The van der Waals surface area contributed by atoms with Gasteiger partial charge in [0.15, 0.2) is 0 Å². The fourth-order valence-corrected chi connectivity index (χ4v) is 1.73. The van der Waals surface area contributed by atoms with Gasteiger partial charge in [-0.15, -0.1) is 0 Å². The van der Waals surface area contributed by atoms with E-state index >= 15 is 0 Å². The molecule has 1 aromatic heterocycles. The molecule has 0 bridgehead atoms. The third kappa shape index (κ3) is 2.53. The second kappa shape index (κ2) is 5.19. The minimum atomic E-state index is -1.07. The number of hydrogen-bond acceptors (Lipinski definition) is 4. The molecule has 0 atom stereocenters. The van der Waals surface area contributed by atoms with E-state index in [4.69, 9.17) is 10.4 Å². The number of aromatic nitrogens is 1. The van der Waals surface area contributed by atoms with Crippen molar-refractivity contribution in [2.24, 2.45) is 0 Å². The monoisotopic (exact) mass is 253 g/mol. The molecule has 0 spiro atoms. The quantitative estimate of drug-likeness (QED) is 0.878. The van der Waals surface area contributed by atoms with Crippen LogP contribution in [-0.2, 0) is 0 Å². The van der Waals surface area contributed by atoms with E-state index in [2.05, 4.69) is 16.4 Å². The average Bonchev–Trinajstić information content (AvgIpc) is 2.39. The largest absolute Gasteiger partial charge is 0.478 e. The highest BCUT2D eigenvalue weighted by Gasteiger charge is 2.12. The number of carboxylic acid groups (broad SMARTS) is 1. The van der Waals surface area contributed by atoms with Gasteiger partial charge < -0.3 is 10.4 Å². The van der Waals surface area contributed by atoms with Crippen molar-refractivity contribution in [2.45, 2.75) is 6.92 Å². The zero-order valence-corrected chi connectivity index (χ0v) is 10.2. The number of rotatable bonds is 3. The summed E-state index contributed by atoms with van der Waals surface area (Å²) >= 11 is 0. The van der Waals surface area contributed by atoms with E-state index < -0.39 is 5.97 Å². The Balaban J connectivity index is 2.46. The molecule has 2 N–H and O–H groups in total. The molecule has 0 radical (unpaired) electrons. The number of carbonyl (C=O) groups is 1. The first-order chi connectivity index (χ1) is 9.13. The Labute approximate surface area is 110 Å². The van der Waals surface area contributed by atoms with E-state index in [0.29, 0.717) is 11.3 Å². The van der Waals surface area contributed by atoms with Gasteiger partial charge in [-0.2, -0.15) is 5.26 Å². The highest BCUT2D eigenvalue weighted by atomic mass is 16.4. The molecule has 5 nitrogen and oxygen atoms in total. The number of nitriles is 1. The number of benzene rings is 1. The fraction of sp³-hybridized carbons (Fsp3) is 0.0714. The van der Waals surface area contributed by atoms with Crippen LogP contribution in [0.2, 0.25) is 0 Å². The minimum Gasteiger partial charge on any atom is -0.478 e. The average molecular weight is 253 g/mol. The summed E-state index contributed by atoms with van der Waals surface area (Å²) in [4.78, 5) is 15.1. The number of hydrogen-bond donors (Lipinski definition) is 2. The molecule has 0 amide bonds. The van der Waals surface area contributed by atoms with Crippen molar-refractivity contribution in [3.05, 3.63) is 53.2 Å². The first-order valence-electron chi connectivity index (χ1n) is 5.58. The maximum Gasteiger partial charge on any atom is 0.339 e. The molecule has 0 unspecified atom stereocenters. The van der Waals surface area contributed by atoms with Crippen molar-refractivity contribution in [2.75, 3.05) is 5.32 Å². The lowest BCUT2D eigenvalue weighted by Crippen LogP contribution is -2.05. The van der Waals surface area contributed by atoms with Gasteiger partial charge in [0.2, 0.25) is 0 Å². The zero-order chi connectivity index (χ0) is 13.8. The molecule has 5 heteroatoms. The SMILES string of the molecule is Cc1cccc(Nc2ncccc2C(=O)O)c1C#N. The molecular formula is C14H11N3O2. The van der Waals surface area contributed by atoms with E-state index in [1.165, 1.54) is 12.3 Å². The van der Waals surface area contributed by atoms with E-state index in [0.717, 1.165) is 5.56 Å². The molecule has 1 heterocycles. The first kappa shape index (κ1) is 12.6. The summed E-state index contributed by atoms with van der Waals surface area (Å²) in [5.74, 6) is -0.848. The Morgan fingerprint density at radius 1 is 1.37 bits per heavy atom. The molecule has 2 aromatic rings. The predicted octanol–water partition coefficient (Wildman–Crippen LogP) is 2.70. The lowest BCUT2D eigenvalue weighted by molar-refractivity contribution is 0.0697. The van der Waals surface area contributed by atoms with Crippen molar-refractivity contribution >= 4 is 17.5 Å². The van der Waals surface area contributed by atoms with Gasteiger partial charge in [-0.25, -0.2) is 9.78 Å². The second-order valence-corrected chi connectivity index (χ2v) is 3.94. The van der Waals surface area contributed by atoms with Gasteiger partial charge >= 0.3 is 5.97 Å². The van der Waals surface area contributed by atoms with Crippen molar-refractivity contribution in [3.8, 4) is 6.07 Å². The predicted molar refractivity (Wildman–Crippen MR) is 70.4 cm³/mol. The van der Waals surface area contributed by atoms with Crippen LogP contribution < -0.4 is 5.32 Å². The topological polar surface area (TPSA) is 86.0 Å². The molecular weight excluding hydrogens is 242 g/mol. The maximum absolute atomic E-state index is 11.1. The normalized spacial score (nSPS) is 9.68. The van der Waals surface area contributed by atoms with E-state index in [9.17, 15) is 4.79 Å². The third-order valence-electron chi connectivity index (χ3n) is 2.68. The molecule has 1 aromatic carbocycles. The highest BCUT2D eigenvalue weighted by Crippen LogP contribution is 2.23. The first-order valence-corrected chi connectivity index (χ1v) is 5.58. The van der Waals surface area contributed by atoms with Gasteiger partial charge in [0.05, 0.1) is 11.3 Å². The smallest absolute Gasteiger partial charge is 0.339 e. The number of aryl methyl sites for hydroxylation is 1. The number of aromatic carboxylic acids is 1. The lowest BCUT2D eigenvalue weighted by Gasteiger charge is -2.10. The van der Waals surface area contributed by atoms with Gasteiger partial charge in [0.25, 0.3) is 0 Å². The van der Waals surface area contributed by atoms with Gasteiger partial charge in [-0.1, -0.05) is 12.1 Å². The Kier molecular flexibility index (Phi) is 3.44. The number of pyridine rings is 1. The summed E-state index contributed by atoms with van der Waals surface area (Å²) in [6.45, 7) is 1.82. The van der Waals surface area contributed by atoms with E-state index in [1.54, 1.807) is 18.2 Å². The van der Waals surface area contributed by atoms with Crippen LogP contribution in [0.3, 0.4) is 0 Å². The van der Waals surface area contributed by atoms with Gasteiger partial charge in [0.1, 0.15) is 17.5 Å². The number of nitrogens with one attached hydrogen (secondary N) is 1. The standard InChI is InChI=1S/C14H11N3O2/c1-9-4-2-6-12(11(9)8-15)17-13-10(14(18)19)5-3-7-16-13/h2-7H,1H3,(H,16,17)(H,18,19). The fourth-order valence-electron chi connectivity index (χ4n) is 1.73. The Morgan fingerprint density at radius 2 is 2.16 bits per heavy atom. The molecule has 0 saturated carbocycles. The summed E-state index contributed by atoms with van der Waals surface area (Å²) in [6.07, 6.45) is 1.50. The molecule has 0 aliphatic carbocycles. The molecule has 0 fully saturated rings. The maximum atomic E-state index is 11.1. The van der Waals surface area contributed by atoms with Crippen LogP contribution >= 0.6 is 0 Å². The Hall–Kier alpha value is -2.87. The third-order valence-corrected chi connectivity index (χ3v) is 2.68. The lowest BCUT2D eigenvalue weighted by atomic mass is 10.1. The molecule has 2 rings (SSSR count). The minimum absolute atomic E-state index is 0.0629. The molecule has 0 aliphatic heterocycles. The molecule has 0 aliphatic rings. The Bertz CT molecular complexity index is 675. The summed E-state index contributed by atoms with van der Waals surface area (Å²) in [6, 6.07) is 10.4. The van der Waals surface area contributed by atoms with Crippen LogP contribution in [0.15, 0.2) is 36.5 Å². The number of anilines is 2. The van der Waals surface area contributed by atoms with Crippen LogP contribution in [0.4, 0.5) is 11.5 Å². The molecule has 94 valence electrons. The summed E-state index contributed by atoms with van der Waals surface area (Å²) in [5.41, 5.74) is 1.90. The number of nitrogens with zero attached hydrogens (tertiary/aromatic N) is 2. The van der Waals surface area contributed by atoms with Gasteiger partial charge in [-0.3, -0.25) is 0 Å². The van der Waals surface area contributed by atoms with Crippen molar-refractivity contribution in [3.63, 3.8) is 0 Å². The van der Waals surface area contributed by atoms with E-state index in [1.807, 2.05) is 13.0 Å². The van der Waals surface area contributed by atoms with Crippen LogP contribution in [0.25, 0.3) is 0 Å². The summed E-state index contributed by atoms with van der Waals surface area (Å²) < 4.78 is 0. The molecule has 0 saturated heterocycles. The van der Waals surface area contributed by atoms with Crippen LogP contribution in [-0.4, -0.2) is 16.1 Å². The van der Waals surface area contributed by atoms with Crippen LogP contribution in [0.1, 0.15) is 21.5 Å². The summed E-state index contributed by atoms with van der Waals surface area (Å²) in [7, 11) is 0. The van der Waals surface area contributed by atoms with Crippen LogP contribution in [0.5, 0.6) is 0 Å². The number of carboxylic acids is 1. The second-order valence-electron chi connectivity index (χ2n) is 3.94. The van der Waals surface area contributed by atoms with Gasteiger partial charge in [-0.05, 0) is 30.7 Å². The summed E-state index contributed by atoms with van der Waals surface area (Å²) in [5, 5.41) is 21.1. The van der Waals surface area contributed by atoms with Crippen LogP contribution in [0, 0.1) is 18.3 Å². The Morgan fingerprint density at radius 3 is 2.84 bits per heavy atom.